The summed E-state index contributed by atoms with van der Waals surface area (Å²) in [7, 11) is -3.64. The lowest BCUT2D eigenvalue weighted by Gasteiger charge is -2.31. The average molecular weight is 377 g/mol. The van der Waals surface area contributed by atoms with E-state index >= 15 is 0 Å². The number of nitrogens with zero attached hydrogens (tertiary/aromatic N) is 1. The van der Waals surface area contributed by atoms with Gasteiger partial charge in [-0.05, 0) is 56.2 Å². The monoisotopic (exact) mass is 377 g/mol. The van der Waals surface area contributed by atoms with Crippen LogP contribution in [0, 0.1) is 5.82 Å². The van der Waals surface area contributed by atoms with Crippen LogP contribution >= 0.6 is 0 Å². The molecule has 3 rings (SSSR count). The molecular weight excluding hydrogens is 357 g/mol. The molecule has 5 nitrogen and oxygen atoms in total. The van der Waals surface area contributed by atoms with Crippen molar-refractivity contribution in [3.8, 4) is 5.75 Å². The van der Waals surface area contributed by atoms with E-state index in [4.69, 9.17) is 4.74 Å². The smallest absolute Gasteiger partial charge is 0.243 e. The van der Waals surface area contributed by atoms with E-state index in [-0.39, 0.29) is 22.6 Å². The Morgan fingerprint density at radius 1 is 1.12 bits per heavy atom. The third-order valence-corrected chi connectivity index (χ3v) is 6.29. The predicted octanol–water partition coefficient (Wildman–Crippen LogP) is 3.26. The van der Waals surface area contributed by atoms with Crippen molar-refractivity contribution >= 4 is 15.8 Å². The lowest BCUT2D eigenvalue weighted by molar-refractivity contribution is 0.101. The van der Waals surface area contributed by atoms with E-state index in [0.717, 1.165) is 0 Å². The number of carbonyl (C=O) groups excluding carboxylic acids is 1. The topological polar surface area (TPSA) is 63.7 Å². The summed E-state index contributed by atoms with van der Waals surface area (Å²) < 4.78 is 45.7. The molecule has 1 fully saturated rings. The van der Waals surface area contributed by atoms with Gasteiger partial charge >= 0.3 is 0 Å². The summed E-state index contributed by atoms with van der Waals surface area (Å²) >= 11 is 0. The van der Waals surface area contributed by atoms with E-state index < -0.39 is 10.0 Å². The molecule has 0 atom stereocenters. The van der Waals surface area contributed by atoms with Crippen LogP contribution < -0.4 is 4.74 Å². The Bertz CT molecular complexity index is 888. The molecule has 0 amide bonds. The van der Waals surface area contributed by atoms with Crippen molar-refractivity contribution in [2.45, 2.75) is 30.8 Å². The average Bonchev–Trinajstić information content (AvgIpc) is 2.64. The van der Waals surface area contributed by atoms with Gasteiger partial charge in [0.2, 0.25) is 10.0 Å². The van der Waals surface area contributed by atoms with Crippen molar-refractivity contribution in [1.82, 2.24) is 4.31 Å². The van der Waals surface area contributed by atoms with Crippen LogP contribution in [0.4, 0.5) is 4.39 Å². The maximum atomic E-state index is 12.9. The number of Topliss-reactive ketones (excluding diaryl/α,β-unsaturated/α-hetero) is 1. The van der Waals surface area contributed by atoms with E-state index in [0.29, 0.717) is 37.2 Å². The van der Waals surface area contributed by atoms with Gasteiger partial charge in [0, 0.05) is 18.7 Å². The first kappa shape index (κ1) is 18.5. The molecule has 0 unspecified atom stereocenters. The van der Waals surface area contributed by atoms with Crippen molar-refractivity contribution in [3.63, 3.8) is 0 Å². The van der Waals surface area contributed by atoms with Gasteiger partial charge in [0.05, 0.1) is 4.90 Å². The van der Waals surface area contributed by atoms with E-state index in [2.05, 4.69) is 0 Å². The fraction of sp³-hybridized carbons (Fsp3) is 0.316. The van der Waals surface area contributed by atoms with Gasteiger partial charge in [-0.1, -0.05) is 12.1 Å². The molecule has 0 aromatic heterocycles. The van der Waals surface area contributed by atoms with Crippen LogP contribution in [0.1, 0.15) is 30.1 Å². The van der Waals surface area contributed by atoms with E-state index in [1.807, 2.05) is 0 Å². The first-order chi connectivity index (χ1) is 12.4. The van der Waals surface area contributed by atoms with Crippen molar-refractivity contribution in [2.75, 3.05) is 13.1 Å². The normalized spacial score (nSPS) is 16.4. The second kappa shape index (κ2) is 7.55. The number of carbonyl (C=O) groups is 1. The summed E-state index contributed by atoms with van der Waals surface area (Å²) in [6.45, 7) is 2.07. The van der Waals surface area contributed by atoms with E-state index in [1.165, 1.54) is 35.5 Å². The number of hydrogen-bond acceptors (Lipinski definition) is 4. The number of ether oxygens (including phenoxy) is 1. The van der Waals surface area contributed by atoms with Gasteiger partial charge in [-0.3, -0.25) is 4.79 Å². The molecule has 0 bridgehead atoms. The molecule has 7 heteroatoms. The number of piperidine rings is 1. The summed E-state index contributed by atoms with van der Waals surface area (Å²) in [5.74, 6) is 0.0707. The molecule has 1 aliphatic rings. The van der Waals surface area contributed by atoms with Crippen LogP contribution in [0.5, 0.6) is 5.75 Å². The van der Waals surface area contributed by atoms with Crippen LogP contribution in [0.3, 0.4) is 0 Å². The SMILES string of the molecule is CC(=O)c1cccc(S(=O)(=O)N2CCC(Oc3ccc(F)cc3)CC2)c1. The highest BCUT2D eigenvalue weighted by molar-refractivity contribution is 7.89. The minimum absolute atomic E-state index is 0.115. The molecule has 0 saturated carbocycles. The van der Waals surface area contributed by atoms with Gasteiger partial charge < -0.3 is 4.74 Å². The molecule has 26 heavy (non-hydrogen) atoms. The Kier molecular flexibility index (Phi) is 5.38. The van der Waals surface area contributed by atoms with Crippen molar-refractivity contribution in [3.05, 3.63) is 59.9 Å². The third-order valence-electron chi connectivity index (χ3n) is 4.40. The number of rotatable bonds is 5. The zero-order valence-electron chi connectivity index (χ0n) is 14.4. The van der Waals surface area contributed by atoms with Crippen molar-refractivity contribution in [2.24, 2.45) is 0 Å². The number of benzene rings is 2. The third kappa shape index (κ3) is 4.11. The second-order valence-corrected chi connectivity index (χ2v) is 8.20. The van der Waals surface area contributed by atoms with Crippen LogP contribution in [0.2, 0.25) is 0 Å². The molecule has 0 aliphatic carbocycles. The fourth-order valence-corrected chi connectivity index (χ4v) is 4.44. The number of sulfonamides is 1. The molecule has 2 aromatic rings. The highest BCUT2D eigenvalue weighted by atomic mass is 32.2. The van der Waals surface area contributed by atoms with Gasteiger partial charge in [-0.25, -0.2) is 12.8 Å². The van der Waals surface area contributed by atoms with E-state index in [1.54, 1.807) is 24.3 Å². The quantitative estimate of drug-likeness (QED) is 0.751. The van der Waals surface area contributed by atoms with Gasteiger partial charge in [-0.15, -0.1) is 0 Å². The second-order valence-electron chi connectivity index (χ2n) is 6.26. The number of hydrogen-bond donors (Lipinski definition) is 0. The fourth-order valence-electron chi connectivity index (χ4n) is 2.92. The maximum Gasteiger partial charge on any atom is 0.243 e. The van der Waals surface area contributed by atoms with Gasteiger partial charge in [0.15, 0.2) is 5.78 Å². The van der Waals surface area contributed by atoms with E-state index in [9.17, 15) is 17.6 Å². The summed E-state index contributed by atoms with van der Waals surface area (Å²) in [5, 5.41) is 0. The molecule has 1 saturated heterocycles. The Morgan fingerprint density at radius 2 is 1.77 bits per heavy atom. The Balaban J connectivity index is 1.66. The molecule has 0 spiro atoms. The van der Waals surface area contributed by atoms with Crippen LogP contribution in [-0.4, -0.2) is 37.7 Å². The molecule has 2 aromatic carbocycles. The molecule has 138 valence electrons. The van der Waals surface area contributed by atoms with Crippen LogP contribution in [-0.2, 0) is 10.0 Å². The Hall–Kier alpha value is -2.25. The van der Waals surface area contributed by atoms with Gasteiger partial charge in [-0.2, -0.15) is 4.31 Å². The van der Waals surface area contributed by atoms with Gasteiger partial charge in [0.1, 0.15) is 17.7 Å². The maximum absolute atomic E-state index is 12.9. The number of ketones is 1. The van der Waals surface area contributed by atoms with Crippen LogP contribution in [0.15, 0.2) is 53.4 Å². The highest BCUT2D eigenvalue weighted by Crippen LogP contribution is 2.24. The zero-order chi connectivity index (χ0) is 18.7. The van der Waals surface area contributed by atoms with Crippen molar-refractivity contribution in [1.29, 1.82) is 0 Å². The van der Waals surface area contributed by atoms with Crippen LogP contribution in [0.25, 0.3) is 0 Å². The van der Waals surface area contributed by atoms with Gasteiger partial charge in [0.25, 0.3) is 0 Å². The first-order valence-electron chi connectivity index (χ1n) is 8.39. The van der Waals surface area contributed by atoms with Crippen molar-refractivity contribution < 1.29 is 22.3 Å². The Labute approximate surface area is 152 Å². The standard InChI is InChI=1S/C19H20FNO4S/c1-14(22)15-3-2-4-19(13-15)26(23,24)21-11-9-18(10-12-21)25-17-7-5-16(20)6-8-17/h2-8,13,18H,9-12H2,1H3. The predicted molar refractivity (Wildman–Crippen MR) is 95.3 cm³/mol. The molecule has 1 aliphatic heterocycles. The minimum Gasteiger partial charge on any atom is -0.490 e. The first-order valence-corrected chi connectivity index (χ1v) is 9.83. The lowest BCUT2D eigenvalue weighted by Crippen LogP contribution is -2.41. The molecular formula is C19H20FNO4S. The molecule has 1 heterocycles. The lowest BCUT2D eigenvalue weighted by atomic mass is 10.1. The Morgan fingerprint density at radius 3 is 2.38 bits per heavy atom. The number of halogens is 1. The summed E-state index contributed by atoms with van der Waals surface area (Å²) in [6.07, 6.45) is 0.974. The highest BCUT2D eigenvalue weighted by Gasteiger charge is 2.30. The molecule has 0 N–H and O–H groups in total. The largest absolute Gasteiger partial charge is 0.490 e. The molecule has 0 radical (unpaired) electrons. The summed E-state index contributed by atoms with van der Waals surface area (Å²) in [6, 6.07) is 11.9. The zero-order valence-corrected chi connectivity index (χ0v) is 15.2. The minimum atomic E-state index is -3.64. The summed E-state index contributed by atoms with van der Waals surface area (Å²) in [4.78, 5) is 11.6. The summed E-state index contributed by atoms with van der Waals surface area (Å²) in [5.41, 5.74) is 0.376.